The fourth-order valence-corrected chi connectivity index (χ4v) is 3.92. The summed E-state index contributed by atoms with van der Waals surface area (Å²) in [7, 11) is 1.51. The molecule has 1 N–H and O–H groups in total. The van der Waals surface area contributed by atoms with Crippen LogP contribution in [0.2, 0.25) is 5.02 Å². The molecular formula is C26H22ClFN2O3. The van der Waals surface area contributed by atoms with Gasteiger partial charge >= 0.3 is 0 Å². The first kappa shape index (κ1) is 22.6. The van der Waals surface area contributed by atoms with E-state index in [1.165, 1.54) is 31.4 Å². The number of amides is 2. The second-order valence-corrected chi connectivity index (χ2v) is 8.33. The van der Waals surface area contributed by atoms with E-state index in [9.17, 15) is 14.0 Å². The van der Waals surface area contributed by atoms with Crippen molar-refractivity contribution in [3.63, 3.8) is 0 Å². The van der Waals surface area contributed by atoms with Crippen molar-refractivity contribution in [2.45, 2.75) is 19.8 Å². The lowest BCUT2D eigenvalue weighted by molar-refractivity contribution is -0.120. The molecule has 5 nitrogen and oxygen atoms in total. The average molecular weight is 465 g/mol. The van der Waals surface area contributed by atoms with Crippen molar-refractivity contribution in [1.29, 1.82) is 0 Å². The van der Waals surface area contributed by atoms with Gasteiger partial charge in [0.15, 0.2) is 0 Å². The highest BCUT2D eigenvalue weighted by Crippen LogP contribution is 2.35. The van der Waals surface area contributed by atoms with Crippen molar-refractivity contribution in [1.82, 2.24) is 0 Å². The second-order valence-electron chi connectivity index (χ2n) is 7.92. The summed E-state index contributed by atoms with van der Waals surface area (Å²) >= 11 is 6.23. The van der Waals surface area contributed by atoms with Crippen LogP contribution >= 0.6 is 11.6 Å². The molecule has 0 unspecified atom stereocenters. The fraction of sp³-hybridized carbons (Fsp3) is 0.154. The van der Waals surface area contributed by atoms with E-state index in [-0.39, 0.29) is 11.3 Å². The van der Waals surface area contributed by atoms with Gasteiger partial charge in [-0.25, -0.2) is 9.29 Å². The number of anilines is 2. The average Bonchev–Trinajstić information content (AvgIpc) is 3.04. The number of halogens is 2. The molecule has 0 spiro atoms. The van der Waals surface area contributed by atoms with Gasteiger partial charge < -0.3 is 10.1 Å². The molecule has 1 aliphatic rings. The van der Waals surface area contributed by atoms with Crippen LogP contribution in [-0.4, -0.2) is 18.9 Å². The molecule has 3 aromatic carbocycles. The third-order valence-corrected chi connectivity index (χ3v) is 5.75. The van der Waals surface area contributed by atoms with E-state index in [1.807, 2.05) is 12.1 Å². The highest BCUT2D eigenvalue weighted by Gasteiger charge is 2.40. The van der Waals surface area contributed by atoms with Crippen molar-refractivity contribution >= 4 is 40.4 Å². The van der Waals surface area contributed by atoms with Gasteiger partial charge in [0.1, 0.15) is 17.3 Å². The zero-order valence-electron chi connectivity index (χ0n) is 18.4. The van der Waals surface area contributed by atoms with Gasteiger partial charge in [0, 0.05) is 5.69 Å². The number of ether oxygens (including phenoxy) is 1. The zero-order chi connectivity index (χ0) is 23.7. The molecule has 3 aromatic rings. The van der Waals surface area contributed by atoms with Crippen LogP contribution in [0.5, 0.6) is 5.75 Å². The summed E-state index contributed by atoms with van der Waals surface area (Å²) in [5.41, 5.74) is 2.72. The van der Waals surface area contributed by atoms with Crippen LogP contribution in [0.1, 0.15) is 30.9 Å². The standard InChI is InChI=1S/C26H22ClFN2O3/c1-15(2)16-6-11-20(12-7-16)30-25(31)23(17-4-8-18(28)9-5-17)24(26(30)32)29-19-10-13-22(33-3)21(27)14-19/h4-15,29H,1-3H3. The van der Waals surface area contributed by atoms with E-state index in [2.05, 4.69) is 19.2 Å². The molecule has 0 saturated heterocycles. The Hall–Kier alpha value is -3.64. The molecule has 7 heteroatoms. The maximum absolute atomic E-state index is 13.5. The number of nitrogens with one attached hydrogen (secondary N) is 1. The van der Waals surface area contributed by atoms with E-state index in [4.69, 9.17) is 16.3 Å². The fourth-order valence-electron chi connectivity index (χ4n) is 3.66. The molecular weight excluding hydrogens is 443 g/mol. The molecule has 4 rings (SSSR count). The molecule has 0 saturated carbocycles. The van der Waals surface area contributed by atoms with Crippen molar-refractivity contribution in [2.24, 2.45) is 0 Å². The number of imide groups is 1. The monoisotopic (exact) mass is 464 g/mol. The molecule has 1 aliphatic heterocycles. The normalized spacial score (nSPS) is 13.8. The minimum atomic E-state index is -0.511. The van der Waals surface area contributed by atoms with E-state index < -0.39 is 17.6 Å². The van der Waals surface area contributed by atoms with Gasteiger partial charge in [-0.15, -0.1) is 0 Å². The number of rotatable bonds is 6. The SMILES string of the molecule is COc1ccc(NC2=C(c3ccc(F)cc3)C(=O)N(c3ccc(C(C)C)cc3)C2=O)cc1Cl. The zero-order valence-corrected chi connectivity index (χ0v) is 19.1. The summed E-state index contributed by atoms with van der Waals surface area (Å²) in [6.07, 6.45) is 0. The van der Waals surface area contributed by atoms with Crippen LogP contribution in [0.3, 0.4) is 0 Å². The Morgan fingerprint density at radius 3 is 2.18 bits per heavy atom. The molecule has 0 aromatic heterocycles. The van der Waals surface area contributed by atoms with Gasteiger partial charge in [0.05, 0.1) is 23.4 Å². The predicted molar refractivity (Wildman–Crippen MR) is 128 cm³/mol. The van der Waals surface area contributed by atoms with Crippen LogP contribution in [0.15, 0.2) is 72.4 Å². The van der Waals surface area contributed by atoms with Crippen molar-refractivity contribution in [2.75, 3.05) is 17.3 Å². The Bertz CT molecular complexity index is 1250. The minimum Gasteiger partial charge on any atom is -0.495 e. The van der Waals surface area contributed by atoms with Gasteiger partial charge in [-0.1, -0.05) is 49.7 Å². The summed E-state index contributed by atoms with van der Waals surface area (Å²) in [5, 5.41) is 3.39. The highest BCUT2D eigenvalue weighted by atomic mass is 35.5. The van der Waals surface area contributed by atoms with Crippen LogP contribution in [0.25, 0.3) is 5.57 Å². The molecule has 33 heavy (non-hydrogen) atoms. The maximum Gasteiger partial charge on any atom is 0.282 e. The van der Waals surface area contributed by atoms with Gasteiger partial charge in [-0.2, -0.15) is 0 Å². The molecule has 2 amide bonds. The first-order chi connectivity index (χ1) is 15.8. The summed E-state index contributed by atoms with van der Waals surface area (Å²) in [6.45, 7) is 4.13. The number of hydrogen-bond acceptors (Lipinski definition) is 4. The van der Waals surface area contributed by atoms with Crippen LogP contribution in [-0.2, 0) is 9.59 Å². The summed E-state index contributed by atoms with van der Waals surface area (Å²) in [6, 6.07) is 17.7. The van der Waals surface area contributed by atoms with Gasteiger partial charge in [-0.3, -0.25) is 9.59 Å². The quantitative estimate of drug-likeness (QED) is 0.454. The summed E-state index contributed by atoms with van der Waals surface area (Å²) in [5.74, 6) is -0.645. The molecule has 0 fully saturated rings. The van der Waals surface area contributed by atoms with Crippen molar-refractivity contribution in [3.05, 3.63) is 94.4 Å². The number of methoxy groups -OCH3 is 1. The summed E-state index contributed by atoms with van der Waals surface area (Å²) < 4.78 is 18.7. The van der Waals surface area contributed by atoms with Crippen LogP contribution in [0.4, 0.5) is 15.8 Å². The lowest BCUT2D eigenvalue weighted by atomic mass is 10.0. The van der Waals surface area contributed by atoms with Gasteiger partial charge in [-0.05, 0) is 59.5 Å². The largest absolute Gasteiger partial charge is 0.495 e. The van der Waals surface area contributed by atoms with E-state index >= 15 is 0 Å². The Morgan fingerprint density at radius 1 is 0.939 bits per heavy atom. The van der Waals surface area contributed by atoms with E-state index in [1.54, 1.807) is 30.3 Å². The Labute approximate surface area is 196 Å². The van der Waals surface area contributed by atoms with Gasteiger partial charge in [0.25, 0.3) is 11.8 Å². The van der Waals surface area contributed by atoms with Crippen molar-refractivity contribution < 1.29 is 18.7 Å². The summed E-state index contributed by atoms with van der Waals surface area (Å²) in [4.78, 5) is 28.0. The number of carbonyl (C=O) groups is 2. The van der Waals surface area contributed by atoms with E-state index in [0.29, 0.717) is 33.6 Å². The Kier molecular flexibility index (Phi) is 6.20. The third kappa shape index (κ3) is 4.34. The molecule has 0 aliphatic carbocycles. The van der Waals surface area contributed by atoms with Crippen LogP contribution in [0, 0.1) is 5.82 Å². The second kappa shape index (κ2) is 9.08. The molecule has 1 heterocycles. The van der Waals surface area contributed by atoms with Gasteiger partial charge in [0.2, 0.25) is 0 Å². The maximum atomic E-state index is 13.5. The molecule has 0 radical (unpaired) electrons. The number of nitrogens with zero attached hydrogens (tertiary/aromatic N) is 1. The smallest absolute Gasteiger partial charge is 0.282 e. The number of hydrogen-bond donors (Lipinski definition) is 1. The molecule has 0 bridgehead atoms. The minimum absolute atomic E-state index is 0.0841. The predicted octanol–water partition coefficient (Wildman–Crippen LogP) is 6.01. The van der Waals surface area contributed by atoms with E-state index in [0.717, 1.165) is 10.5 Å². The topological polar surface area (TPSA) is 58.6 Å². The lowest BCUT2D eigenvalue weighted by Crippen LogP contribution is -2.32. The first-order valence-corrected chi connectivity index (χ1v) is 10.8. The lowest BCUT2D eigenvalue weighted by Gasteiger charge is -2.16. The Morgan fingerprint density at radius 2 is 1.61 bits per heavy atom. The number of carbonyl (C=O) groups excluding carboxylic acids is 2. The molecule has 0 atom stereocenters. The van der Waals surface area contributed by atoms with Crippen LogP contribution < -0.4 is 15.0 Å². The van der Waals surface area contributed by atoms with Crippen molar-refractivity contribution in [3.8, 4) is 5.75 Å². The molecule has 168 valence electrons. The third-order valence-electron chi connectivity index (χ3n) is 5.46. The first-order valence-electron chi connectivity index (χ1n) is 10.4. The Balaban J connectivity index is 1.77. The highest BCUT2D eigenvalue weighted by molar-refractivity contribution is 6.46. The number of benzene rings is 3.